The second-order valence-electron chi connectivity index (χ2n) is 4.79. The third-order valence-corrected chi connectivity index (χ3v) is 3.52. The molecule has 19 heavy (non-hydrogen) atoms. The highest BCUT2D eigenvalue weighted by Crippen LogP contribution is 2.06. The third kappa shape index (κ3) is 5.72. The van der Waals surface area contributed by atoms with Crippen molar-refractivity contribution in [3.05, 3.63) is 11.6 Å². The number of nitrogens with zero attached hydrogens (tertiary/aromatic N) is 2. The Morgan fingerprint density at radius 3 is 2.58 bits per heavy atom. The summed E-state index contributed by atoms with van der Waals surface area (Å²) in [5.74, 6) is -0.223. The molecule has 0 amide bonds. The van der Waals surface area contributed by atoms with E-state index in [0.29, 0.717) is 6.42 Å². The average molecular weight is 270 g/mol. The number of β-amino-alcohol motifs (C(OH)–C–C–N with tert-alkyl or cyclic N) is 1. The molecule has 1 aliphatic rings. The van der Waals surface area contributed by atoms with Gasteiger partial charge in [-0.2, -0.15) is 0 Å². The number of hydrogen-bond acceptors (Lipinski definition) is 5. The van der Waals surface area contributed by atoms with Crippen molar-refractivity contribution in [2.45, 2.75) is 19.8 Å². The van der Waals surface area contributed by atoms with Gasteiger partial charge in [0.2, 0.25) is 0 Å². The maximum absolute atomic E-state index is 11.5. The molecule has 1 saturated heterocycles. The molecular formula is C14H26N2O3. The molecule has 0 radical (unpaired) electrons. The summed E-state index contributed by atoms with van der Waals surface area (Å²) >= 11 is 0. The maximum atomic E-state index is 11.5. The Labute approximate surface area is 115 Å². The molecule has 1 aliphatic heterocycles. The first kappa shape index (κ1) is 16.1. The van der Waals surface area contributed by atoms with E-state index in [9.17, 15) is 4.79 Å². The fraction of sp³-hybridized carbons (Fsp3) is 0.786. The molecule has 1 N–H and O–H groups in total. The van der Waals surface area contributed by atoms with Gasteiger partial charge in [0, 0.05) is 31.8 Å². The zero-order chi connectivity index (χ0) is 14.1. The monoisotopic (exact) mass is 270 g/mol. The molecule has 1 fully saturated rings. The van der Waals surface area contributed by atoms with E-state index in [1.807, 2.05) is 13.0 Å². The summed E-state index contributed by atoms with van der Waals surface area (Å²) in [6.07, 6.45) is 3.79. The van der Waals surface area contributed by atoms with Crippen LogP contribution in [0.1, 0.15) is 19.8 Å². The first-order chi connectivity index (χ1) is 9.21. The minimum Gasteiger partial charge on any atom is -0.466 e. The minimum absolute atomic E-state index is 0.223. The lowest BCUT2D eigenvalue weighted by Gasteiger charge is -2.20. The van der Waals surface area contributed by atoms with Crippen molar-refractivity contribution in [2.75, 3.05) is 53.0 Å². The Balaban J connectivity index is 2.44. The summed E-state index contributed by atoms with van der Waals surface area (Å²) in [6, 6.07) is 0. The lowest BCUT2D eigenvalue weighted by Crippen LogP contribution is -2.32. The van der Waals surface area contributed by atoms with Gasteiger partial charge < -0.3 is 9.84 Å². The summed E-state index contributed by atoms with van der Waals surface area (Å²) in [5, 5.41) is 8.96. The quantitative estimate of drug-likeness (QED) is 0.562. The van der Waals surface area contributed by atoms with Crippen molar-refractivity contribution in [3.8, 4) is 0 Å². The number of carbonyl (C=O) groups is 1. The van der Waals surface area contributed by atoms with E-state index in [-0.39, 0.29) is 12.6 Å². The molecule has 1 rings (SSSR count). The molecular weight excluding hydrogens is 244 g/mol. The molecule has 0 unspecified atom stereocenters. The maximum Gasteiger partial charge on any atom is 0.333 e. The standard InChI is InChI=1S/C14H26N2O3/c1-3-13(14(18)19-2)5-8-15-6-4-7-16(10-9-15)11-12-17/h5,17H,3-4,6-12H2,1-2H3. The highest BCUT2D eigenvalue weighted by molar-refractivity contribution is 5.88. The van der Waals surface area contributed by atoms with Crippen LogP contribution in [-0.2, 0) is 9.53 Å². The Morgan fingerprint density at radius 2 is 1.95 bits per heavy atom. The Hall–Kier alpha value is -0.910. The Kier molecular flexibility index (Phi) is 7.70. The highest BCUT2D eigenvalue weighted by Gasteiger charge is 2.14. The SMILES string of the molecule is CCC(=CCN1CCCN(CCO)CC1)C(=O)OC. The summed E-state index contributed by atoms with van der Waals surface area (Å²) in [6.45, 7) is 7.78. The van der Waals surface area contributed by atoms with Crippen LogP contribution >= 0.6 is 0 Å². The van der Waals surface area contributed by atoms with E-state index < -0.39 is 0 Å². The fourth-order valence-corrected chi connectivity index (χ4v) is 2.31. The van der Waals surface area contributed by atoms with Gasteiger partial charge in [-0.3, -0.25) is 9.80 Å². The topological polar surface area (TPSA) is 53.0 Å². The van der Waals surface area contributed by atoms with Gasteiger partial charge >= 0.3 is 5.97 Å². The van der Waals surface area contributed by atoms with Crippen molar-refractivity contribution in [1.82, 2.24) is 9.80 Å². The highest BCUT2D eigenvalue weighted by atomic mass is 16.5. The molecule has 5 nitrogen and oxygen atoms in total. The second-order valence-corrected chi connectivity index (χ2v) is 4.79. The Morgan fingerprint density at radius 1 is 1.26 bits per heavy atom. The van der Waals surface area contributed by atoms with E-state index in [1.54, 1.807) is 0 Å². The molecule has 0 aromatic carbocycles. The van der Waals surface area contributed by atoms with Crippen molar-refractivity contribution in [1.29, 1.82) is 0 Å². The number of carbonyl (C=O) groups excluding carboxylic acids is 1. The Bertz CT molecular complexity index is 305. The third-order valence-electron chi connectivity index (χ3n) is 3.52. The second kappa shape index (κ2) is 9.07. The number of methoxy groups -OCH3 is 1. The van der Waals surface area contributed by atoms with Gasteiger partial charge in [-0.1, -0.05) is 13.0 Å². The molecule has 0 aromatic heterocycles. The molecule has 0 saturated carbocycles. The summed E-state index contributed by atoms with van der Waals surface area (Å²) < 4.78 is 4.76. The average Bonchev–Trinajstić information content (AvgIpc) is 2.65. The number of aliphatic hydroxyl groups excluding tert-OH is 1. The van der Waals surface area contributed by atoms with Crippen molar-refractivity contribution in [3.63, 3.8) is 0 Å². The lowest BCUT2D eigenvalue weighted by atomic mass is 10.2. The van der Waals surface area contributed by atoms with Crippen molar-refractivity contribution < 1.29 is 14.6 Å². The van der Waals surface area contributed by atoms with E-state index in [1.165, 1.54) is 7.11 Å². The molecule has 110 valence electrons. The zero-order valence-electron chi connectivity index (χ0n) is 12.1. The predicted molar refractivity (Wildman–Crippen MR) is 75.0 cm³/mol. The molecule has 0 aliphatic carbocycles. The van der Waals surface area contributed by atoms with Crippen LogP contribution in [0.5, 0.6) is 0 Å². The van der Waals surface area contributed by atoms with Gasteiger partial charge in [-0.15, -0.1) is 0 Å². The van der Waals surface area contributed by atoms with Crippen LogP contribution in [0.4, 0.5) is 0 Å². The largest absolute Gasteiger partial charge is 0.466 e. The zero-order valence-corrected chi connectivity index (χ0v) is 12.1. The van der Waals surface area contributed by atoms with Crippen molar-refractivity contribution in [2.24, 2.45) is 0 Å². The molecule has 0 bridgehead atoms. The first-order valence-electron chi connectivity index (χ1n) is 7.04. The molecule has 0 aromatic rings. The van der Waals surface area contributed by atoms with Crippen LogP contribution in [0.2, 0.25) is 0 Å². The molecule has 1 heterocycles. The lowest BCUT2D eigenvalue weighted by molar-refractivity contribution is -0.136. The van der Waals surface area contributed by atoms with Crippen LogP contribution in [-0.4, -0.2) is 73.9 Å². The first-order valence-corrected chi connectivity index (χ1v) is 7.04. The normalized spacial score (nSPS) is 19.2. The summed E-state index contributed by atoms with van der Waals surface area (Å²) in [7, 11) is 1.42. The van der Waals surface area contributed by atoms with Crippen LogP contribution in [0.25, 0.3) is 0 Å². The van der Waals surface area contributed by atoms with Gasteiger partial charge in [0.25, 0.3) is 0 Å². The van der Waals surface area contributed by atoms with Gasteiger partial charge in [0.05, 0.1) is 13.7 Å². The van der Waals surface area contributed by atoms with Gasteiger partial charge in [-0.25, -0.2) is 4.79 Å². The number of ether oxygens (including phenoxy) is 1. The van der Waals surface area contributed by atoms with Crippen LogP contribution in [0, 0.1) is 0 Å². The van der Waals surface area contributed by atoms with Crippen LogP contribution < -0.4 is 0 Å². The van der Waals surface area contributed by atoms with E-state index in [2.05, 4.69) is 9.80 Å². The van der Waals surface area contributed by atoms with Gasteiger partial charge in [0.15, 0.2) is 0 Å². The fourth-order valence-electron chi connectivity index (χ4n) is 2.31. The van der Waals surface area contributed by atoms with Crippen molar-refractivity contribution >= 4 is 5.97 Å². The number of hydrogen-bond donors (Lipinski definition) is 1. The number of rotatable bonds is 6. The van der Waals surface area contributed by atoms with E-state index >= 15 is 0 Å². The van der Waals surface area contributed by atoms with E-state index in [0.717, 1.165) is 51.3 Å². The predicted octanol–water partition coefficient (Wildman–Crippen LogP) is 0.496. The summed E-state index contributed by atoms with van der Waals surface area (Å²) in [4.78, 5) is 16.1. The number of aliphatic hydroxyl groups is 1. The minimum atomic E-state index is -0.223. The smallest absolute Gasteiger partial charge is 0.333 e. The van der Waals surface area contributed by atoms with Gasteiger partial charge in [-0.05, 0) is 25.9 Å². The molecule has 5 heteroatoms. The number of esters is 1. The van der Waals surface area contributed by atoms with Crippen LogP contribution in [0.3, 0.4) is 0 Å². The van der Waals surface area contributed by atoms with Crippen LogP contribution in [0.15, 0.2) is 11.6 Å². The van der Waals surface area contributed by atoms with Gasteiger partial charge in [0.1, 0.15) is 0 Å². The van der Waals surface area contributed by atoms with E-state index in [4.69, 9.17) is 9.84 Å². The molecule has 0 atom stereocenters. The molecule has 0 spiro atoms. The summed E-state index contributed by atoms with van der Waals surface area (Å²) in [5.41, 5.74) is 0.749.